The van der Waals surface area contributed by atoms with Gasteiger partial charge in [0.05, 0.1) is 15.6 Å². The van der Waals surface area contributed by atoms with E-state index in [0.29, 0.717) is 9.55 Å². The van der Waals surface area contributed by atoms with Gasteiger partial charge in [-0.1, -0.05) is 41.1 Å². The van der Waals surface area contributed by atoms with Gasteiger partial charge in [-0.05, 0) is 54.8 Å². The summed E-state index contributed by atoms with van der Waals surface area (Å²) in [6, 6.07) is 11.5. The molecule has 0 N–H and O–H groups in total. The van der Waals surface area contributed by atoms with Crippen LogP contribution in [-0.4, -0.2) is 9.38 Å². The minimum Gasteiger partial charge on any atom is -0.267 e. The van der Waals surface area contributed by atoms with Gasteiger partial charge in [-0.2, -0.15) is 0 Å². The average molecular weight is 341 g/mol. The molecular weight excluding hydrogens is 328 g/mol. The van der Waals surface area contributed by atoms with Gasteiger partial charge in [-0.25, -0.2) is 9.38 Å². The van der Waals surface area contributed by atoms with Gasteiger partial charge in [0.1, 0.15) is 0 Å². The predicted octanol–water partition coefficient (Wildman–Crippen LogP) is 3.73. The molecule has 0 bridgehead atoms. The van der Waals surface area contributed by atoms with Gasteiger partial charge in [0, 0.05) is 5.02 Å². The third-order valence-corrected chi connectivity index (χ3v) is 5.07. The number of hydrogen-bond donors (Lipinski definition) is 0. The van der Waals surface area contributed by atoms with Crippen molar-refractivity contribution >= 4 is 45.0 Å². The van der Waals surface area contributed by atoms with Crippen LogP contribution < -0.4 is 10.1 Å². The summed E-state index contributed by atoms with van der Waals surface area (Å²) in [5.41, 5.74) is 4.94. The molecule has 0 amide bonds. The van der Waals surface area contributed by atoms with E-state index in [1.165, 1.54) is 11.3 Å². The number of aryl methyl sites for hydroxylation is 2. The quantitative estimate of drug-likeness (QED) is 0.529. The summed E-state index contributed by atoms with van der Waals surface area (Å²) in [5.74, 6) is 0. The first kappa shape index (κ1) is 14.4. The van der Waals surface area contributed by atoms with E-state index in [-0.39, 0.29) is 5.56 Å². The first-order valence-electron chi connectivity index (χ1n) is 7.22. The van der Waals surface area contributed by atoms with Gasteiger partial charge in [0.2, 0.25) is 0 Å². The number of nitrogens with zero attached hydrogens (tertiary/aromatic N) is 2. The van der Waals surface area contributed by atoms with Crippen LogP contribution in [-0.2, 0) is 0 Å². The largest absolute Gasteiger partial charge is 0.274 e. The van der Waals surface area contributed by atoms with Crippen molar-refractivity contribution in [2.75, 3.05) is 0 Å². The first-order valence-corrected chi connectivity index (χ1v) is 8.42. The first-order chi connectivity index (χ1) is 11.0. The van der Waals surface area contributed by atoms with Gasteiger partial charge < -0.3 is 0 Å². The molecule has 0 aliphatic carbocycles. The summed E-state index contributed by atoms with van der Waals surface area (Å²) in [5, 5.41) is 0.683. The highest BCUT2D eigenvalue weighted by atomic mass is 35.5. The lowest BCUT2D eigenvalue weighted by Crippen LogP contribution is -2.22. The van der Waals surface area contributed by atoms with E-state index in [4.69, 9.17) is 11.6 Å². The Morgan fingerprint density at radius 1 is 1.17 bits per heavy atom. The van der Waals surface area contributed by atoms with Crippen molar-refractivity contribution < 1.29 is 0 Å². The molecule has 3 nitrogen and oxygen atoms in total. The number of fused-ring (bicyclic) bond motifs is 3. The van der Waals surface area contributed by atoms with Crippen LogP contribution in [0.5, 0.6) is 0 Å². The van der Waals surface area contributed by atoms with Crippen molar-refractivity contribution in [3.63, 3.8) is 0 Å². The molecule has 0 aliphatic heterocycles. The van der Waals surface area contributed by atoms with E-state index < -0.39 is 0 Å². The lowest BCUT2D eigenvalue weighted by atomic mass is 10.1. The summed E-state index contributed by atoms with van der Waals surface area (Å²) < 4.78 is 2.39. The number of hydrogen-bond acceptors (Lipinski definition) is 3. The third kappa shape index (κ3) is 2.35. The topological polar surface area (TPSA) is 34.4 Å². The van der Waals surface area contributed by atoms with E-state index in [9.17, 15) is 4.79 Å². The lowest BCUT2D eigenvalue weighted by molar-refractivity contribution is 1.18. The summed E-state index contributed by atoms with van der Waals surface area (Å²) >= 11 is 7.31. The molecule has 0 radical (unpaired) electrons. The number of benzene rings is 2. The fourth-order valence-electron chi connectivity index (χ4n) is 2.82. The normalized spacial score (nSPS) is 12.6. The molecule has 2 aromatic heterocycles. The molecule has 0 fully saturated rings. The van der Waals surface area contributed by atoms with Crippen LogP contribution in [0.2, 0.25) is 5.02 Å². The second-order valence-corrected chi connectivity index (χ2v) is 7.09. The molecule has 0 saturated heterocycles. The van der Waals surface area contributed by atoms with Crippen LogP contribution in [0.15, 0.2) is 41.2 Å². The molecule has 0 aliphatic rings. The van der Waals surface area contributed by atoms with Crippen LogP contribution in [0.3, 0.4) is 0 Å². The molecule has 4 rings (SSSR count). The number of halogens is 1. The SMILES string of the molecule is Cc1cc(C)c2nc3sc(=Cc4ccc(Cl)cc4)c(=O)n3c2c1. The lowest BCUT2D eigenvalue weighted by Gasteiger charge is -1.97. The zero-order chi connectivity index (χ0) is 16.1. The molecule has 23 heavy (non-hydrogen) atoms. The van der Waals surface area contributed by atoms with Gasteiger partial charge in [0.25, 0.3) is 5.56 Å². The molecule has 4 aromatic rings. The highest BCUT2D eigenvalue weighted by Gasteiger charge is 2.13. The van der Waals surface area contributed by atoms with Gasteiger partial charge in [-0.15, -0.1) is 0 Å². The minimum absolute atomic E-state index is 0.0209. The Balaban J connectivity index is 2.02. The molecule has 0 spiro atoms. The molecule has 114 valence electrons. The molecule has 0 unspecified atom stereocenters. The Morgan fingerprint density at radius 2 is 1.91 bits per heavy atom. The Labute approximate surface area is 141 Å². The van der Waals surface area contributed by atoms with Crippen molar-refractivity contribution in [1.82, 2.24) is 9.38 Å². The van der Waals surface area contributed by atoms with E-state index in [1.54, 1.807) is 4.40 Å². The number of rotatable bonds is 1. The molecule has 2 aromatic carbocycles. The van der Waals surface area contributed by atoms with E-state index in [1.807, 2.05) is 50.3 Å². The zero-order valence-corrected chi connectivity index (χ0v) is 14.2. The monoisotopic (exact) mass is 340 g/mol. The van der Waals surface area contributed by atoms with Crippen molar-refractivity contribution in [1.29, 1.82) is 0 Å². The van der Waals surface area contributed by atoms with Gasteiger partial charge >= 0.3 is 0 Å². The fraction of sp³-hybridized carbons (Fsp3) is 0.111. The Kier molecular flexibility index (Phi) is 3.25. The summed E-state index contributed by atoms with van der Waals surface area (Å²) in [6.45, 7) is 4.06. The molecule has 5 heteroatoms. The van der Waals surface area contributed by atoms with Crippen LogP contribution in [0.1, 0.15) is 16.7 Å². The van der Waals surface area contributed by atoms with E-state index in [0.717, 1.165) is 32.7 Å². The molecular formula is C18H13ClN2OS. The maximum Gasteiger partial charge on any atom is 0.274 e. The molecule has 2 heterocycles. The van der Waals surface area contributed by atoms with Crippen LogP contribution in [0.25, 0.3) is 22.1 Å². The number of imidazole rings is 1. The smallest absolute Gasteiger partial charge is 0.267 e. The average Bonchev–Trinajstić information content (AvgIpc) is 3.00. The second kappa shape index (κ2) is 5.18. The summed E-state index contributed by atoms with van der Waals surface area (Å²) in [4.78, 5) is 18.1. The fourth-order valence-corrected chi connectivity index (χ4v) is 3.93. The standard InChI is InChI=1S/C18H13ClN2OS/c1-10-7-11(2)16-14(8-10)21-17(22)15(23-18(21)20-16)9-12-3-5-13(19)6-4-12/h3-9H,1-2H3. The zero-order valence-electron chi connectivity index (χ0n) is 12.6. The third-order valence-electron chi connectivity index (χ3n) is 3.85. The van der Waals surface area contributed by atoms with Crippen molar-refractivity contribution in [3.05, 3.63) is 73.0 Å². The van der Waals surface area contributed by atoms with Crippen LogP contribution >= 0.6 is 22.9 Å². The maximum atomic E-state index is 12.8. The Morgan fingerprint density at radius 3 is 2.65 bits per heavy atom. The second-order valence-electron chi connectivity index (χ2n) is 5.65. The molecule has 0 saturated carbocycles. The number of thiazole rings is 1. The van der Waals surface area contributed by atoms with Crippen molar-refractivity contribution in [3.8, 4) is 0 Å². The minimum atomic E-state index is -0.0209. The van der Waals surface area contributed by atoms with E-state index in [2.05, 4.69) is 11.1 Å². The Hall–Kier alpha value is -2.17. The van der Waals surface area contributed by atoms with Crippen LogP contribution in [0.4, 0.5) is 0 Å². The van der Waals surface area contributed by atoms with Gasteiger partial charge in [-0.3, -0.25) is 4.79 Å². The summed E-state index contributed by atoms with van der Waals surface area (Å²) in [6.07, 6.45) is 1.88. The highest BCUT2D eigenvalue weighted by molar-refractivity contribution is 7.15. The van der Waals surface area contributed by atoms with Crippen molar-refractivity contribution in [2.45, 2.75) is 13.8 Å². The molecule has 0 atom stereocenters. The van der Waals surface area contributed by atoms with Crippen molar-refractivity contribution in [2.24, 2.45) is 0 Å². The van der Waals surface area contributed by atoms with Crippen LogP contribution in [0, 0.1) is 13.8 Å². The Bertz CT molecular complexity index is 1160. The number of aromatic nitrogens is 2. The predicted molar refractivity (Wildman–Crippen MR) is 96.6 cm³/mol. The highest BCUT2D eigenvalue weighted by Crippen LogP contribution is 2.21. The summed E-state index contributed by atoms with van der Waals surface area (Å²) in [7, 11) is 0. The van der Waals surface area contributed by atoms with E-state index >= 15 is 0 Å². The maximum absolute atomic E-state index is 12.8. The van der Waals surface area contributed by atoms with Gasteiger partial charge in [0.15, 0.2) is 4.96 Å².